The van der Waals surface area contributed by atoms with Gasteiger partial charge in [-0.3, -0.25) is 0 Å². The molecule has 2 heteroatoms. The molecule has 0 unspecified atom stereocenters. The highest BCUT2D eigenvalue weighted by Gasteiger charge is 2.23. The van der Waals surface area contributed by atoms with Crippen molar-refractivity contribution >= 4 is 53.9 Å². The summed E-state index contributed by atoms with van der Waals surface area (Å²) in [6, 6.07) is 23.9. The number of rotatable bonds is 0. The van der Waals surface area contributed by atoms with Crippen LogP contribution in [0.3, 0.4) is 0 Å². The van der Waals surface area contributed by atoms with Crippen LogP contribution >= 0.6 is 22.9 Å². The summed E-state index contributed by atoms with van der Waals surface area (Å²) >= 11 is 8.40. The van der Waals surface area contributed by atoms with E-state index in [1.54, 1.807) is 0 Å². The lowest BCUT2D eigenvalue weighted by molar-refractivity contribution is 1.70. The maximum absolute atomic E-state index is 6.57. The van der Waals surface area contributed by atoms with Crippen LogP contribution in [0.5, 0.6) is 0 Å². The van der Waals surface area contributed by atoms with E-state index in [1.165, 1.54) is 53.2 Å². The van der Waals surface area contributed by atoms with Gasteiger partial charge in [0.05, 0.1) is 0 Å². The zero-order valence-corrected chi connectivity index (χ0v) is 14.2. The van der Waals surface area contributed by atoms with Crippen LogP contribution in [-0.4, -0.2) is 0 Å². The molecule has 1 aromatic heterocycles. The van der Waals surface area contributed by atoms with E-state index in [1.807, 2.05) is 23.5 Å². The molecule has 0 atom stereocenters. The van der Waals surface area contributed by atoms with Gasteiger partial charge in [0, 0.05) is 25.2 Å². The maximum Gasteiger partial charge on any atom is 0.0499 e. The van der Waals surface area contributed by atoms with Crippen molar-refractivity contribution in [2.45, 2.75) is 0 Å². The molecular formula is C22H11ClS. The van der Waals surface area contributed by atoms with Gasteiger partial charge in [-0.2, -0.15) is 0 Å². The second-order valence-electron chi connectivity index (χ2n) is 6.29. The smallest absolute Gasteiger partial charge is 0.0499 e. The van der Waals surface area contributed by atoms with Crippen LogP contribution in [-0.2, 0) is 0 Å². The average molecular weight is 343 g/mol. The number of halogens is 1. The van der Waals surface area contributed by atoms with Gasteiger partial charge >= 0.3 is 0 Å². The highest BCUT2D eigenvalue weighted by atomic mass is 35.5. The molecule has 0 bridgehead atoms. The highest BCUT2D eigenvalue weighted by Crippen LogP contribution is 2.52. The highest BCUT2D eigenvalue weighted by molar-refractivity contribution is 7.26. The summed E-state index contributed by atoms with van der Waals surface area (Å²) in [7, 11) is 0. The van der Waals surface area contributed by atoms with Crippen molar-refractivity contribution in [1.82, 2.24) is 0 Å². The predicted octanol–water partition coefficient (Wildman–Crippen LogP) is 7.51. The van der Waals surface area contributed by atoms with Crippen LogP contribution in [0.2, 0.25) is 5.02 Å². The normalized spacial score (nSPS) is 12.4. The Labute approximate surface area is 147 Å². The molecule has 0 radical (unpaired) electrons. The lowest BCUT2D eigenvalue weighted by Crippen LogP contribution is -1.78. The fourth-order valence-electron chi connectivity index (χ4n) is 4.14. The number of hydrogen-bond donors (Lipinski definition) is 0. The molecular weight excluding hydrogens is 332 g/mol. The number of fused-ring (bicyclic) bond motifs is 7. The van der Waals surface area contributed by atoms with Crippen LogP contribution in [0.4, 0.5) is 0 Å². The van der Waals surface area contributed by atoms with Gasteiger partial charge in [-0.25, -0.2) is 0 Å². The quantitative estimate of drug-likeness (QED) is 0.268. The zero-order valence-electron chi connectivity index (χ0n) is 12.6. The fraction of sp³-hybridized carbons (Fsp3) is 0. The van der Waals surface area contributed by atoms with E-state index < -0.39 is 0 Å². The third-order valence-corrected chi connectivity index (χ3v) is 6.49. The molecule has 0 amide bonds. The second kappa shape index (κ2) is 4.38. The van der Waals surface area contributed by atoms with Crippen LogP contribution in [0.15, 0.2) is 66.7 Å². The summed E-state index contributed by atoms with van der Waals surface area (Å²) in [5, 5.41) is 6.02. The standard InChI is InChI=1S/C22H11ClS/c23-17-9-4-10-18-22(17)21-15-8-3-7-14-12-5-1-2-6-13(12)16(20(14)15)11-19(21)24-18/h1-11H. The van der Waals surface area contributed by atoms with Gasteiger partial charge in [0.1, 0.15) is 0 Å². The minimum absolute atomic E-state index is 0.843. The van der Waals surface area contributed by atoms with Crippen LogP contribution in [0, 0.1) is 0 Å². The minimum atomic E-state index is 0.843. The lowest BCUT2D eigenvalue weighted by Gasteiger charge is -2.05. The zero-order chi connectivity index (χ0) is 15.8. The monoisotopic (exact) mass is 342 g/mol. The van der Waals surface area contributed by atoms with Crippen molar-refractivity contribution in [2.75, 3.05) is 0 Å². The molecule has 1 heterocycles. The number of benzene rings is 4. The minimum Gasteiger partial charge on any atom is -0.135 e. The topological polar surface area (TPSA) is 0 Å². The lowest BCUT2D eigenvalue weighted by atomic mass is 9.98. The average Bonchev–Trinajstić information content (AvgIpc) is 3.14. The van der Waals surface area contributed by atoms with Crippen molar-refractivity contribution in [3.8, 4) is 22.3 Å². The molecule has 0 saturated carbocycles. The maximum atomic E-state index is 6.57. The van der Waals surface area contributed by atoms with Gasteiger partial charge in [-0.1, -0.05) is 60.1 Å². The first kappa shape index (κ1) is 13.0. The molecule has 112 valence electrons. The Kier molecular flexibility index (Phi) is 2.37. The van der Waals surface area contributed by atoms with Gasteiger partial charge in [0.25, 0.3) is 0 Å². The molecule has 1 aliphatic carbocycles. The Hall–Kier alpha value is -2.35. The van der Waals surface area contributed by atoms with E-state index >= 15 is 0 Å². The molecule has 0 saturated heterocycles. The van der Waals surface area contributed by atoms with Gasteiger partial charge in [-0.05, 0) is 51.2 Å². The molecule has 0 spiro atoms. The summed E-state index contributed by atoms with van der Waals surface area (Å²) < 4.78 is 2.57. The third-order valence-electron chi connectivity index (χ3n) is 5.08. The first-order valence-corrected chi connectivity index (χ1v) is 9.18. The van der Waals surface area contributed by atoms with E-state index in [0.717, 1.165) is 5.02 Å². The van der Waals surface area contributed by atoms with Crippen LogP contribution in [0.1, 0.15) is 0 Å². The molecule has 6 rings (SSSR count). The molecule has 24 heavy (non-hydrogen) atoms. The first-order valence-electron chi connectivity index (χ1n) is 7.99. The SMILES string of the molecule is Clc1cccc2sc3cc4c5c(cccc5c3c12)-c1ccccc1-4. The molecule has 1 aliphatic rings. The Morgan fingerprint density at radius 2 is 1.33 bits per heavy atom. The van der Waals surface area contributed by atoms with Crippen molar-refractivity contribution in [1.29, 1.82) is 0 Å². The molecule has 0 nitrogen and oxygen atoms in total. The third kappa shape index (κ3) is 1.45. The number of thiophene rings is 1. The summed E-state index contributed by atoms with van der Waals surface area (Å²) in [4.78, 5) is 0. The fourth-order valence-corrected chi connectivity index (χ4v) is 5.65. The van der Waals surface area contributed by atoms with Crippen LogP contribution < -0.4 is 0 Å². The van der Waals surface area contributed by atoms with E-state index in [9.17, 15) is 0 Å². The Morgan fingerprint density at radius 3 is 2.21 bits per heavy atom. The van der Waals surface area contributed by atoms with E-state index in [2.05, 4.69) is 54.6 Å². The van der Waals surface area contributed by atoms with Gasteiger partial charge in [0.2, 0.25) is 0 Å². The molecule has 5 aromatic rings. The molecule has 0 aliphatic heterocycles. The summed E-state index contributed by atoms with van der Waals surface area (Å²) in [5.41, 5.74) is 5.37. The summed E-state index contributed by atoms with van der Waals surface area (Å²) in [6.07, 6.45) is 0. The summed E-state index contributed by atoms with van der Waals surface area (Å²) in [6.45, 7) is 0. The van der Waals surface area contributed by atoms with E-state index in [0.29, 0.717) is 0 Å². The molecule has 4 aromatic carbocycles. The van der Waals surface area contributed by atoms with E-state index in [-0.39, 0.29) is 0 Å². The molecule has 0 fully saturated rings. The largest absolute Gasteiger partial charge is 0.135 e. The Bertz CT molecular complexity index is 1310. The van der Waals surface area contributed by atoms with Crippen molar-refractivity contribution in [3.63, 3.8) is 0 Å². The Balaban J connectivity index is 1.95. The summed E-state index contributed by atoms with van der Waals surface area (Å²) in [5.74, 6) is 0. The van der Waals surface area contributed by atoms with Crippen molar-refractivity contribution < 1.29 is 0 Å². The first-order chi connectivity index (χ1) is 11.8. The van der Waals surface area contributed by atoms with E-state index in [4.69, 9.17) is 11.6 Å². The van der Waals surface area contributed by atoms with Gasteiger partial charge in [-0.15, -0.1) is 11.3 Å². The molecule has 0 N–H and O–H groups in total. The Morgan fingerprint density at radius 1 is 0.583 bits per heavy atom. The van der Waals surface area contributed by atoms with Gasteiger partial charge < -0.3 is 0 Å². The number of hydrogen-bond acceptors (Lipinski definition) is 1. The second-order valence-corrected chi connectivity index (χ2v) is 7.78. The van der Waals surface area contributed by atoms with Crippen molar-refractivity contribution in [2.24, 2.45) is 0 Å². The predicted molar refractivity (Wildman–Crippen MR) is 106 cm³/mol. The van der Waals surface area contributed by atoms with Gasteiger partial charge in [0.15, 0.2) is 0 Å². The van der Waals surface area contributed by atoms with Crippen LogP contribution in [0.25, 0.3) is 53.2 Å². The van der Waals surface area contributed by atoms with Crippen molar-refractivity contribution in [3.05, 3.63) is 71.8 Å².